The second-order valence-corrected chi connectivity index (χ2v) is 5.77. The van der Waals surface area contributed by atoms with Gasteiger partial charge in [-0.3, -0.25) is 14.0 Å². The van der Waals surface area contributed by atoms with E-state index in [9.17, 15) is 9.59 Å². The maximum atomic E-state index is 12.4. The predicted octanol–water partition coefficient (Wildman–Crippen LogP) is 2.15. The van der Waals surface area contributed by atoms with Gasteiger partial charge in [-0.15, -0.1) is 0 Å². The molecule has 4 aromatic rings. The number of rotatable bonds is 4. The molecule has 124 valence electrons. The predicted molar refractivity (Wildman–Crippen MR) is 95.8 cm³/mol. The third-order valence-electron chi connectivity index (χ3n) is 4.21. The first-order valence-corrected chi connectivity index (χ1v) is 8.03. The van der Waals surface area contributed by atoms with Gasteiger partial charge in [-0.1, -0.05) is 24.3 Å². The third kappa shape index (κ3) is 2.78. The van der Waals surface area contributed by atoms with Gasteiger partial charge in [0, 0.05) is 36.0 Å². The van der Waals surface area contributed by atoms with Crippen molar-refractivity contribution in [2.75, 3.05) is 6.54 Å². The van der Waals surface area contributed by atoms with Gasteiger partial charge in [0.1, 0.15) is 11.2 Å². The second-order valence-electron chi connectivity index (χ2n) is 5.77. The Hall–Kier alpha value is -3.41. The van der Waals surface area contributed by atoms with Crippen molar-refractivity contribution in [2.45, 2.75) is 6.42 Å². The first-order valence-electron chi connectivity index (χ1n) is 8.03. The number of aromatic amines is 1. The van der Waals surface area contributed by atoms with Crippen LogP contribution >= 0.6 is 0 Å². The highest BCUT2D eigenvalue weighted by Crippen LogP contribution is 2.17. The molecule has 0 bridgehead atoms. The van der Waals surface area contributed by atoms with E-state index < -0.39 is 5.91 Å². The number of carbonyl (C=O) groups excluding carboxylic acids is 1. The first kappa shape index (κ1) is 15.1. The van der Waals surface area contributed by atoms with Gasteiger partial charge in [-0.2, -0.15) is 0 Å². The zero-order valence-corrected chi connectivity index (χ0v) is 13.4. The Labute approximate surface area is 143 Å². The Kier molecular flexibility index (Phi) is 3.78. The summed E-state index contributed by atoms with van der Waals surface area (Å²) >= 11 is 0. The Morgan fingerprint density at radius 2 is 2.00 bits per heavy atom. The molecular formula is C19H16N4O2. The molecule has 2 N–H and O–H groups in total. The van der Waals surface area contributed by atoms with Gasteiger partial charge in [-0.25, -0.2) is 4.98 Å². The van der Waals surface area contributed by atoms with Crippen molar-refractivity contribution in [2.24, 2.45) is 0 Å². The fourth-order valence-electron chi connectivity index (χ4n) is 2.93. The van der Waals surface area contributed by atoms with Crippen LogP contribution in [0.5, 0.6) is 0 Å². The summed E-state index contributed by atoms with van der Waals surface area (Å²) in [5.41, 5.74) is 2.39. The number of amides is 1. The van der Waals surface area contributed by atoms with Gasteiger partial charge in [0.15, 0.2) is 0 Å². The monoisotopic (exact) mass is 332 g/mol. The Morgan fingerprint density at radius 1 is 1.16 bits per heavy atom. The number of aromatic nitrogens is 3. The molecule has 6 heteroatoms. The largest absolute Gasteiger partial charge is 0.361 e. The van der Waals surface area contributed by atoms with Crippen LogP contribution in [0.25, 0.3) is 16.6 Å². The molecule has 0 unspecified atom stereocenters. The van der Waals surface area contributed by atoms with Crippen LogP contribution < -0.4 is 10.9 Å². The lowest BCUT2D eigenvalue weighted by Gasteiger charge is -2.06. The van der Waals surface area contributed by atoms with Crippen LogP contribution in [0.3, 0.4) is 0 Å². The molecule has 0 atom stereocenters. The Balaban J connectivity index is 1.49. The zero-order valence-electron chi connectivity index (χ0n) is 13.4. The van der Waals surface area contributed by atoms with Crippen molar-refractivity contribution in [3.63, 3.8) is 0 Å². The Morgan fingerprint density at radius 3 is 2.92 bits per heavy atom. The standard InChI is InChI=1S/C19H16N4O2/c24-18(15-12-22-17-7-3-4-10-23(17)19(15)25)20-9-8-13-11-21-16-6-2-1-5-14(13)16/h1-7,10-12,21H,8-9H2,(H,20,24). The Bertz CT molecular complexity index is 1130. The number of benzene rings is 1. The van der Waals surface area contributed by atoms with Crippen molar-refractivity contribution in [3.05, 3.63) is 82.5 Å². The van der Waals surface area contributed by atoms with E-state index in [0.29, 0.717) is 18.6 Å². The first-order chi connectivity index (χ1) is 12.2. The van der Waals surface area contributed by atoms with Gasteiger partial charge < -0.3 is 10.3 Å². The average molecular weight is 332 g/mol. The van der Waals surface area contributed by atoms with Crippen molar-refractivity contribution >= 4 is 22.5 Å². The summed E-state index contributed by atoms with van der Waals surface area (Å²) in [6.07, 6.45) is 5.56. The van der Waals surface area contributed by atoms with Crippen LogP contribution in [0.4, 0.5) is 0 Å². The van der Waals surface area contributed by atoms with E-state index in [1.165, 1.54) is 10.6 Å². The lowest BCUT2D eigenvalue weighted by molar-refractivity contribution is 0.0952. The normalized spacial score (nSPS) is 11.0. The number of fused-ring (bicyclic) bond motifs is 2. The van der Waals surface area contributed by atoms with E-state index in [4.69, 9.17) is 0 Å². The molecular weight excluding hydrogens is 316 g/mol. The van der Waals surface area contributed by atoms with E-state index >= 15 is 0 Å². The van der Waals surface area contributed by atoms with E-state index in [1.54, 1.807) is 24.4 Å². The topological polar surface area (TPSA) is 79.3 Å². The second kappa shape index (κ2) is 6.24. The summed E-state index contributed by atoms with van der Waals surface area (Å²) in [5.74, 6) is -0.407. The highest BCUT2D eigenvalue weighted by molar-refractivity contribution is 5.93. The minimum atomic E-state index is -0.407. The maximum absolute atomic E-state index is 12.4. The molecule has 0 spiro atoms. The van der Waals surface area contributed by atoms with E-state index in [2.05, 4.69) is 15.3 Å². The molecule has 0 aliphatic carbocycles. The summed E-state index contributed by atoms with van der Waals surface area (Å²) in [6, 6.07) is 13.3. The molecule has 1 amide bonds. The highest BCUT2D eigenvalue weighted by atomic mass is 16.2. The number of nitrogens with one attached hydrogen (secondary N) is 2. The molecule has 3 heterocycles. The van der Waals surface area contributed by atoms with Gasteiger partial charge in [-0.05, 0) is 30.2 Å². The molecule has 0 radical (unpaired) electrons. The third-order valence-corrected chi connectivity index (χ3v) is 4.21. The molecule has 0 aliphatic heterocycles. The summed E-state index contributed by atoms with van der Waals surface area (Å²) in [7, 11) is 0. The average Bonchev–Trinajstić information content (AvgIpc) is 3.05. The lowest BCUT2D eigenvalue weighted by atomic mass is 10.1. The lowest BCUT2D eigenvalue weighted by Crippen LogP contribution is -2.32. The summed E-state index contributed by atoms with van der Waals surface area (Å²) in [5, 5.41) is 3.94. The molecule has 3 aromatic heterocycles. The van der Waals surface area contributed by atoms with Crippen molar-refractivity contribution in [3.8, 4) is 0 Å². The van der Waals surface area contributed by atoms with Crippen molar-refractivity contribution in [1.29, 1.82) is 0 Å². The van der Waals surface area contributed by atoms with Crippen LogP contribution in [-0.2, 0) is 6.42 Å². The van der Waals surface area contributed by atoms with E-state index in [1.807, 2.05) is 30.5 Å². The fraction of sp³-hybridized carbons (Fsp3) is 0.105. The number of nitrogens with zero attached hydrogens (tertiary/aromatic N) is 2. The highest BCUT2D eigenvalue weighted by Gasteiger charge is 2.13. The summed E-state index contributed by atoms with van der Waals surface area (Å²) < 4.78 is 1.37. The van der Waals surface area contributed by atoms with Gasteiger partial charge >= 0.3 is 0 Å². The molecule has 1 aromatic carbocycles. The molecule has 0 saturated heterocycles. The van der Waals surface area contributed by atoms with E-state index in [-0.39, 0.29) is 11.1 Å². The molecule has 25 heavy (non-hydrogen) atoms. The fourth-order valence-corrected chi connectivity index (χ4v) is 2.93. The number of hydrogen-bond donors (Lipinski definition) is 2. The smallest absolute Gasteiger partial charge is 0.270 e. The zero-order chi connectivity index (χ0) is 17.2. The van der Waals surface area contributed by atoms with Crippen LogP contribution in [0, 0.1) is 0 Å². The molecule has 4 rings (SSSR count). The van der Waals surface area contributed by atoms with Crippen molar-refractivity contribution < 1.29 is 4.79 Å². The minimum absolute atomic E-state index is 0.0441. The molecule has 0 aliphatic rings. The van der Waals surface area contributed by atoms with Crippen LogP contribution in [0.1, 0.15) is 15.9 Å². The van der Waals surface area contributed by atoms with Crippen LogP contribution in [0.15, 0.2) is 65.8 Å². The summed E-state index contributed by atoms with van der Waals surface area (Å²) in [6.45, 7) is 0.442. The minimum Gasteiger partial charge on any atom is -0.361 e. The number of H-pyrrole nitrogens is 1. The molecule has 0 saturated carbocycles. The van der Waals surface area contributed by atoms with Gasteiger partial charge in [0.25, 0.3) is 11.5 Å². The van der Waals surface area contributed by atoms with Gasteiger partial charge in [0.2, 0.25) is 0 Å². The number of pyridine rings is 1. The van der Waals surface area contributed by atoms with Crippen LogP contribution in [0.2, 0.25) is 0 Å². The number of para-hydroxylation sites is 1. The molecule has 0 fully saturated rings. The van der Waals surface area contributed by atoms with Crippen LogP contribution in [-0.4, -0.2) is 26.8 Å². The number of hydrogen-bond acceptors (Lipinski definition) is 3. The quantitative estimate of drug-likeness (QED) is 0.601. The maximum Gasteiger partial charge on any atom is 0.270 e. The van der Waals surface area contributed by atoms with Gasteiger partial charge in [0.05, 0.1) is 0 Å². The van der Waals surface area contributed by atoms with Crippen molar-refractivity contribution in [1.82, 2.24) is 19.7 Å². The number of carbonyl (C=O) groups is 1. The summed E-state index contributed by atoms with van der Waals surface area (Å²) in [4.78, 5) is 32.1. The SMILES string of the molecule is O=C(NCCc1c[nH]c2ccccc12)c1cnc2ccccn2c1=O. The van der Waals surface area contributed by atoms with E-state index in [0.717, 1.165) is 16.5 Å². The molecule has 6 nitrogen and oxygen atoms in total.